The standard InChI is InChI=1S/C34H48FN3O7/c1-23-8-10-29(39)20-31(40)45-32(24(2)9-11-30(23)44-34(42)37-16-14-36(4)15-17-37)25(3)18-26-6-5-7-27(19-26)22-43-33(41)38-13-12-28(35)21-38/h5-7,9,11,18-19,23-24,28-30,32,39H,8,10,12-17,20-22H2,1-4H3/b11-9+,25-18+/t23-,24-,28+,29+,30+,32-/m0/s1. The maximum atomic E-state index is 13.5. The number of hydrogen-bond donors (Lipinski definition) is 1. The highest BCUT2D eigenvalue weighted by atomic mass is 19.1. The molecule has 2 saturated heterocycles. The molecule has 0 unspecified atom stereocenters. The molecule has 0 saturated carbocycles. The van der Waals surface area contributed by atoms with E-state index in [2.05, 4.69) is 4.90 Å². The van der Waals surface area contributed by atoms with Crippen LogP contribution in [-0.4, -0.2) is 109 Å². The highest BCUT2D eigenvalue weighted by Crippen LogP contribution is 2.26. The lowest BCUT2D eigenvalue weighted by Gasteiger charge is -2.33. The van der Waals surface area contributed by atoms with E-state index in [1.165, 1.54) is 4.90 Å². The average molecular weight is 630 g/mol. The van der Waals surface area contributed by atoms with E-state index < -0.39 is 36.5 Å². The van der Waals surface area contributed by atoms with Crippen LogP contribution in [0.5, 0.6) is 0 Å². The predicted octanol–water partition coefficient (Wildman–Crippen LogP) is 4.81. The van der Waals surface area contributed by atoms with E-state index in [4.69, 9.17) is 14.2 Å². The van der Waals surface area contributed by atoms with Gasteiger partial charge >= 0.3 is 18.2 Å². The topological polar surface area (TPSA) is 109 Å². The van der Waals surface area contributed by atoms with Gasteiger partial charge in [0.1, 0.15) is 25.0 Å². The molecule has 4 rings (SSSR count). The number of alkyl halides is 1. The molecular weight excluding hydrogens is 581 g/mol. The van der Waals surface area contributed by atoms with E-state index >= 15 is 0 Å². The lowest BCUT2D eigenvalue weighted by atomic mass is 9.91. The number of aliphatic hydroxyl groups is 1. The molecule has 1 N–H and O–H groups in total. The summed E-state index contributed by atoms with van der Waals surface area (Å²) in [6.07, 6.45) is 3.01. The van der Waals surface area contributed by atoms with Crippen molar-refractivity contribution in [1.29, 1.82) is 0 Å². The number of nitrogens with zero attached hydrogens (tertiary/aromatic N) is 3. The van der Waals surface area contributed by atoms with Crippen molar-refractivity contribution in [3.05, 3.63) is 53.1 Å². The van der Waals surface area contributed by atoms with E-state index in [1.807, 2.05) is 70.3 Å². The maximum Gasteiger partial charge on any atom is 0.410 e. The Morgan fingerprint density at radius 3 is 2.51 bits per heavy atom. The molecule has 2 fully saturated rings. The minimum Gasteiger partial charge on any atom is -0.457 e. The van der Waals surface area contributed by atoms with Crippen LogP contribution in [0.2, 0.25) is 0 Å². The largest absolute Gasteiger partial charge is 0.457 e. The van der Waals surface area contributed by atoms with Crippen molar-refractivity contribution in [3.8, 4) is 0 Å². The molecule has 2 amide bonds. The van der Waals surface area contributed by atoms with Gasteiger partial charge in [0.15, 0.2) is 0 Å². The van der Waals surface area contributed by atoms with E-state index in [1.54, 1.807) is 4.90 Å². The molecule has 45 heavy (non-hydrogen) atoms. The Morgan fingerprint density at radius 1 is 1.04 bits per heavy atom. The third kappa shape index (κ3) is 10.3. The van der Waals surface area contributed by atoms with Crippen LogP contribution in [0.25, 0.3) is 6.08 Å². The van der Waals surface area contributed by atoms with Crippen molar-refractivity contribution >= 4 is 24.2 Å². The summed E-state index contributed by atoms with van der Waals surface area (Å²) in [6, 6.07) is 7.48. The van der Waals surface area contributed by atoms with E-state index in [0.717, 1.165) is 29.8 Å². The summed E-state index contributed by atoms with van der Waals surface area (Å²) in [7, 11) is 2.03. The number of cyclic esters (lactones) is 1. The van der Waals surface area contributed by atoms with Crippen LogP contribution in [-0.2, 0) is 25.6 Å². The molecule has 6 atom stereocenters. The van der Waals surface area contributed by atoms with Gasteiger partial charge in [0.2, 0.25) is 0 Å². The molecule has 0 bridgehead atoms. The summed E-state index contributed by atoms with van der Waals surface area (Å²) in [5.74, 6) is -0.807. The van der Waals surface area contributed by atoms with Gasteiger partial charge in [-0.1, -0.05) is 44.2 Å². The number of esters is 1. The van der Waals surface area contributed by atoms with Crippen LogP contribution in [0, 0.1) is 11.8 Å². The number of carbonyl (C=O) groups is 3. The highest BCUT2D eigenvalue weighted by molar-refractivity contribution is 5.71. The zero-order valence-electron chi connectivity index (χ0n) is 26.9. The second-order valence-corrected chi connectivity index (χ2v) is 12.7. The third-order valence-electron chi connectivity index (χ3n) is 8.80. The Balaban J connectivity index is 1.47. The van der Waals surface area contributed by atoms with E-state index in [9.17, 15) is 23.9 Å². The fourth-order valence-corrected chi connectivity index (χ4v) is 5.87. The molecule has 11 heteroatoms. The van der Waals surface area contributed by atoms with E-state index in [-0.39, 0.29) is 37.5 Å². The molecular formula is C34H48FN3O7. The number of benzene rings is 1. The van der Waals surface area contributed by atoms with Crippen molar-refractivity contribution in [2.24, 2.45) is 11.8 Å². The molecule has 10 nitrogen and oxygen atoms in total. The summed E-state index contributed by atoms with van der Waals surface area (Å²) in [4.78, 5) is 43.5. The smallest absolute Gasteiger partial charge is 0.410 e. The molecule has 1 aromatic rings. The zero-order chi connectivity index (χ0) is 32.5. The van der Waals surface area contributed by atoms with Crippen molar-refractivity contribution in [1.82, 2.24) is 14.7 Å². The second-order valence-electron chi connectivity index (χ2n) is 12.7. The van der Waals surface area contributed by atoms with Gasteiger partial charge in [-0.25, -0.2) is 14.0 Å². The van der Waals surface area contributed by atoms with Gasteiger partial charge in [0.25, 0.3) is 0 Å². The van der Waals surface area contributed by atoms with Crippen molar-refractivity contribution < 1.29 is 38.1 Å². The molecule has 1 aromatic carbocycles. The number of amides is 2. The van der Waals surface area contributed by atoms with Crippen molar-refractivity contribution in [2.75, 3.05) is 46.3 Å². The van der Waals surface area contributed by atoms with E-state index in [0.29, 0.717) is 38.9 Å². The van der Waals surface area contributed by atoms with Crippen LogP contribution < -0.4 is 0 Å². The Labute approximate surface area is 265 Å². The zero-order valence-corrected chi connectivity index (χ0v) is 26.9. The van der Waals surface area contributed by atoms with Gasteiger partial charge in [-0.2, -0.15) is 0 Å². The fourth-order valence-electron chi connectivity index (χ4n) is 5.87. The molecule has 248 valence electrons. The van der Waals surface area contributed by atoms with Crippen molar-refractivity contribution in [2.45, 2.75) is 77.5 Å². The summed E-state index contributed by atoms with van der Waals surface area (Å²) in [5, 5.41) is 10.6. The van der Waals surface area contributed by atoms with Gasteiger partial charge < -0.3 is 34.0 Å². The number of likely N-dealkylation sites (N-methyl/N-ethyl adjacent to an activating group) is 1. The van der Waals surface area contributed by atoms with Crippen molar-refractivity contribution in [3.63, 3.8) is 0 Å². The Hall–Kier alpha value is -3.44. The molecule has 0 aromatic heterocycles. The van der Waals surface area contributed by atoms with Gasteiger partial charge in [0, 0.05) is 38.6 Å². The lowest BCUT2D eigenvalue weighted by Crippen LogP contribution is -2.48. The molecule has 0 aliphatic carbocycles. The van der Waals surface area contributed by atoms with Gasteiger partial charge in [0.05, 0.1) is 19.1 Å². The lowest BCUT2D eigenvalue weighted by molar-refractivity contribution is -0.151. The minimum absolute atomic E-state index is 0.0505. The number of ether oxygens (including phenoxy) is 3. The normalized spacial score (nSPS) is 29.7. The molecule has 0 radical (unpaired) electrons. The maximum absolute atomic E-state index is 13.5. The number of halogens is 1. The number of rotatable bonds is 5. The summed E-state index contributed by atoms with van der Waals surface area (Å²) < 4.78 is 30.8. The van der Waals surface area contributed by atoms with Crippen LogP contribution >= 0.6 is 0 Å². The Kier molecular flexibility index (Phi) is 12.4. The van der Waals surface area contributed by atoms with Gasteiger partial charge in [-0.05, 0) is 68.0 Å². The Morgan fingerprint density at radius 2 is 1.80 bits per heavy atom. The van der Waals surface area contributed by atoms with Gasteiger partial charge in [-0.15, -0.1) is 0 Å². The number of piperazine rings is 1. The quantitative estimate of drug-likeness (QED) is 0.281. The molecule has 3 aliphatic heterocycles. The Bertz CT molecular complexity index is 1230. The minimum atomic E-state index is -1.01. The highest BCUT2D eigenvalue weighted by Gasteiger charge is 2.30. The number of carbonyl (C=O) groups excluding carboxylic acids is 3. The second kappa shape index (κ2) is 16.2. The number of likely N-dealkylation sites (tertiary alicyclic amines) is 1. The van der Waals surface area contributed by atoms with Crippen LogP contribution in [0.15, 0.2) is 42.0 Å². The average Bonchev–Trinajstić information content (AvgIpc) is 3.45. The SMILES string of the molecule is C/C(=C\c1cccc(COC(=O)N2CC[C@@H](F)C2)c1)[C@H]1OC(=O)C[C@H](O)CC[C@H](C)[C@H](OC(=O)N2CCN(C)CC2)/C=C/[C@@H]1C. The molecule has 3 heterocycles. The van der Waals surface area contributed by atoms with Crippen LogP contribution in [0.4, 0.5) is 14.0 Å². The monoisotopic (exact) mass is 629 g/mol. The summed E-state index contributed by atoms with van der Waals surface area (Å²) in [6.45, 7) is 9.07. The summed E-state index contributed by atoms with van der Waals surface area (Å²) >= 11 is 0. The first-order chi connectivity index (χ1) is 21.5. The predicted molar refractivity (Wildman–Crippen MR) is 168 cm³/mol. The first-order valence-corrected chi connectivity index (χ1v) is 16.0. The number of aliphatic hydroxyl groups excluding tert-OH is 1. The molecule has 3 aliphatic rings. The fraction of sp³-hybridized carbons (Fsp3) is 0.618. The molecule has 0 spiro atoms. The number of hydrogen-bond acceptors (Lipinski definition) is 8. The third-order valence-corrected chi connectivity index (χ3v) is 8.80. The first-order valence-electron chi connectivity index (χ1n) is 16.0. The summed E-state index contributed by atoms with van der Waals surface area (Å²) in [5.41, 5.74) is 2.38. The van der Waals surface area contributed by atoms with Gasteiger partial charge in [-0.3, -0.25) is 4.79 Å². The van der Waals surface area contributed by atoms with Crippen LogP contribution in [0.3, 0.4) is 0 Å². The van der Waals surface area contributed by atoms with Crippen LogP contribution in [0.1, 0.15) is 57.6 Å². The first kappa shape index (κ1) is 34.4.